The van der Waals surface area contributed by atoms with Gasteiger partial charge in [-0.15, -0.1) is 0 Å². The van der Waals surface area contributed by atoms with E-state index in [9.17, 15) is 13.2 Å². The molecule has 0 bridgehead atoms. The fourth-order valence-corrected chi connectivity index (χ4v) is 3.15. The second-order valence-corrected chi connectivity index (χ2v) is 8.93. The number of anilines is 1. The van der Waals surface area contributed by atoms with Crippen molar-refractivity contribution in [3.8, 4) is 5.75 Å². The number of nitrogens with one attached hydrogen (secondary N) is 1. The molecule has 0 saturated heterocycles. The Bertz CT molecular complexity index is 867. The van der Waals surface area contributed by atoms with Gasteiger partial charge in [0.25, 0.3) is 5.91 Å². The van der Waals surface area contributed by atoms with Gasteiger partial charge in [0.2, 0.25) is 10.0 Å². The molecule has 152 valence electrons. The van der Waals surface area contributed by atoms with Gasteiger partial charge < -0.3 is 10.1 Å². The normalized spacial score (nSPS) is 13.4. The number of benzene rings is 2. The van der Waals surface area contributed by atoms with Crippen LogP contribution >= 0.6 is 0 Å². The molecule has 0 aliphatic carbocycles. The molecule has 0 aromatic heterocycles. The maximum atomic E-state index is 12.4. The van der Waals surface area contributed by atoms with Crippen LogP contribution in [-0.2, 0) is 21.2 Å². The molecule has 6 nitrogen and oxygen atoms in total. The highest BCUT2D eigenvalue weighted by atomic mass is 32.2. The van der Waals surface area contributed by atoms with E-state index in [1.165, 1.54) is 16.9 Å². The quantitative estimate of drug-likeness (QED) is 0.697. The molecule has 2 atom stereocenters. The minimum atomic E-state index is -3.32. The van der Waals surface area contributed by atoms with Crippen molar-refractivity contribution in [2.75, 3.05) is 17.6 Å². The van der Waals surface area contributed by atoms with Crippen LogP contribution in [0, 0.1) is 0 Å². The highest BCUT2D eigenvalue weighted by Crippen LogP contribution is 2.21. The van der Waals surface area contributed by atoms with E-state index in [0.29, 0.717) is 11.4 Å². The predicted molar refractivity (Wildman–Crippen MR) is 112 cm³/mol. The molecule has 2 aromatic rings. The molecule has 2 aromatic carbocycles. The Labute approximate surface area is 167 Å². The van der Waals surface area contributed by atoms with Crippen LogP contribution in [0.5, 0.6) is 5.75 Å². The molecule has 0 saturated carbocycles. The lowest BCUT2D eigenvalue weighted by Gasteiger charge is -2.20. The number of aryl methyl sites for hydroxylation is 1. The van der Waals surface area contributed by atoms with Gasteiger partial charge in [-0.3, -0.25) is 9.10 Å². The van der Waals surface area contributed by atoms with Crippen molar-refractivity contribution >= 4 is 21.6 Å². The van der Waals surface area contributed by atoms with Gasteiger partial charge in [0, 0.05) is 13.1 Å². The molecule has 0 aliphatic rings. The molecule has 28 heavy (non-hydrogen) atoms. The van der Waals surface area contributed by atoms with E-state index in [0.717, 1.165) is 19.1 Å². The van der Waals surface area contributed by atoms with E-state index in [2.05, 4.69) is 17.4 Å². The number of carbonyl (C=O) groups is 1. The smallest absolute Gasteiger partial charge is 0.260 e. The average Bonchev–Trinajstić information content (AvgIpc) is 2.66. The van der Waals surface area contributed by atoms with Gasteiger partial charge in [0.15, 0.2) is 6.10 Å². The fourth-order valence-electron chi connectivity index (χ4n) is 2.64. The van der Waals surface area contributed by atoms with Crippen LogP contribution in [0.1, 0.15) is 25.8 Å². The second-order valence-electron chi connectivity index (χ2n) is 6.92. The van der Waals surface area contributed by atoms with Gasteiger partial charge in [-0.2, -0.15) is 0 Å². The molecule has 1 amide bonds. The lowest BCUT2D eigenvalue weighted by atomic mass is 10.1. The predicted octanol–water partition coefficient (Wildman–Crippen LogP) is 2.99. The number of sulfonamides is 1. The summed E-state index contributed by atoms with van der Waals surface area (Å²) in [4.78, 5) is 12.4. The second kappa shape index (κ2) is 9.59. The van der Waals surface area contributed by atoms with Gasteiger partial charge in [-0.25, -0.2) is 8.42 Å². The summed E-state index contributed by atoms with van der Waals surface area (Å²) in [6.07, 6.45) is 2.22. The summed E-state index contributed by atoms with van der Waals surface area (Å²) in [5, 5.41) is 2.97. The summed E-state index contributed by atoms with van der Waals surface area (Å²) < 4.78 is 30.0. The fraction of sp³-hybridized carbons (Fsp3) is 0.381. The van der Waals surface area contributed by atoms with Gasteiger partial charge in [0.05, 0.1) is 11.9 Å². The topological polar surface area (TPSA) is 75.7 Å². The summed E-state index contributed by atoms with van der Waals surface area (Å²) in [6, 6.07) is 16.8. The summed E-state index contributed by atoms with van der Waals surface area (Å²) in [6.45, 7) is 3.67. The monoisotopic (exact) mass is 404 g/mol. The van der Waals surface area contributed by atoms with Crippen molar-refractivity contribution in [1.82, 2.24) is 5.32 Å². The molecule has 7 heteroatoms. The van der Waals surface area contributed by atoms with E-state index < -0.39 is 16.1 Å². The minimum Gasteiger partial charge on any atom is -0.481 e. The average molecular weight is 405 g/mol. The number of hydrogen-bond donors (Lipinski definition) is 1. The molecule has 0 radical (unpaired) electrons. The SMILES string of the molecule is C[C@H](CCc1ccccc1)NC(=O)[C@@H](C)Oc1ccc(N(C)S(C)(=O)=O)cc1. The van der Waals surface area contributed by atoms with Crippen molar-refractivity contribution in [3.05, 3.63) is 60.2 Å². The molecule has 0 heterocycles. The van der Waals surface area contributed by atoms with Crippen molar-refractivity contribution in [2.24, 2.45) is 0 Å². The first-order chi connectivity index (χ1) is 13.2. The maximum absolute atomic E-state index is 12.4. The van der Waals surface area contributed by atoms with Crippen LogP contribution in [0.15, 0.2) is 54.6 Å². The van der Waals surface area contributed by atoms with Crippen LogP contribution in [0.4, 0.5) is 5.69 Å². The largest absolute Gasteiger partial charge is 0.481 e. The zero-order valence-corrected chi connectivity index (χ0v) is 17.6. The Hall–Kier alpha value is -2.54. The van der Waals surface area contributed by atoms with Crippen LogP contribution < -0.4 is 14.4 Å². The Morgan fingerprint density at radius 1 is 1.07 bits per heavy atom. The third-order valence-electron chi connectivity index (χ3n) is 4.48. The summed E-state index contributed by atoms with van der Waals surface area (Å²) in [5.41, 5.74) is 1.77. The van der Waals surface area contributed by atoms with Crippen molar-refractivity contribution in [1.29, 1.82) is 0 Å². The Kier molecular flexibility index (Phi) is 7.45. The first-order valence-electron chi connectivity index (χ1n) is 9.21. The third kappa shape index (κ3) is 6.56. The zero-order chi connectivity index (χ0) is 20.7. The minimum absolute atomic E-state index is 0.0320. The number of hydrogen-bond acceptors (Lipinski definition) is 4. The van der Waals surface area contributed by atoms with E-state index in [1.807, 2.05) is 25.1 Å². The molecule has 0 unspecified atom stereocenters. The molecular weight excluding hydrogens is 376 g/mol. The Morgan fingerprint density at radius 2 is 1.68 bits per heavy atom. The van der Waals surface area contributed by atoms with Crippen LogP contribution in [0.3, 0.4) is 0 Å². The first-order valence-corrected chi connectivity index (χ1v) is 11.1. The molecule has 0 spiro atoms. The van der Waals surface area contributed by atoms with Gasteiger partial charge >= 0.3 is 0 Å². The van der Waals surface area contributed by atoms with Crippen LogP contribution in [0.2, 0.25) is 0 Å². The van der Waals surface area contributed by atoms with Crippen LogP contribution in [0.25, 0.3) is 0 Å². The molecule has 0 aliphatic heterocycles. The molecular formula is C21H28N2O4S. The Morgan fingerprint density at radius 3 is 2.25 bits per heavy atom. The van der Waals surface area contributed by atoms with E-state index in [-0.39, 0.29) is 11.9 Å². The lowest BCUT2D eigenvalue weighted by Crippen LogP contribution is -2.41. The standard InChI is InChI=1S/C21H28N2O4S/c1-16(10-11-18-8-6-5-7-9-18)22-21(24)17(2)27-20-14-12-19(13-15-20)23(3)28(4,25)26/h5-9,12-17H,10-11H2,1-4H3,(H,22,24)/t16-,17-/m1/s1. The van der Waals surface area contributed by atoms with Gasteiger partial charge in [-0.05, 0) is 56.5 Å². The maximum Gasteiger partial charge on any atom is 0.260 e. The van der Waals surface area contributed by atoms with Crippen LogP contribution in [-0.4, -0.2) is 39.8 Å². The Balaban J connectivity index is 1.84. The summed E-state index contributed by atoms with van der Waals surface area (Å²) in [5.74, 6) is 0.322. The highest BCUT2D eigenvalue weighted by Gasteiger charge is 2.17. The lowest BCUT2D eigenvalue weighted by molar-refractivity contribution is -0.127. The van der Waals surface area contributed by atoms with Gasteiger partial charge in [0.1, 0.15) is 5.75 Å². The molecule has 0 fully saturated rings. The van der Waals surface area contributed by atoms with Crippen molar-refractivity contribution in [2.45, 2.75) is 38.8 Å². The number of ether oxygens (including phenoxy) is 1. The van der Waals surface area contributed by atoms with E-state index in [1.54, 1.807) is 31.2 Å². The zero-order valence-electron chi connectivity index (χ0n) is 16.8. The number of carbonyl (C=O) groups excluding carboxylic acids is 1. The summed E-state index contributed by atoms with van der Waals surface area (Å²) in [7, 11) is -1.83. The summed E-state index contributed by atoms with van der Waals surface area (Å²) >= 11 is 0. The first kappa shape index (κ1) is 21.8. The number of nitrogens with zero attached hydrogens (tertiary/aromatic N) is 1. The number of rotatable bonds is 9. The van der Waals surface area contributed by atoms with E-state index in [4.69, 9.17) is 4.74 Å². The third-order valence-corrected chi connectivity index (χ3v) is 5.68. The van der Waals surface area contributed by atoms with Crippen molar-refractivity contribution in [3.63, 3.8) is 0 Å². The highest BCUT2D eigenvalue weighted by molar-refractivity contribution is 7.92. The molecule has 2 rings (SSSR count). The number of amides is 1. The van der Waals surface area contributed by atoms with Crippen molar-refractivity contribution < 1.29 is 17.9 Å². The van der Waals surface area contributed by atoms with E-state index >= 15 is 0 Å². The molecule has 1 N–H and O–H groups in total. The van der Waals surface area contributed by atoms with Gasteiger partial charge in [-0.1, -0.05) is 30.3 Å².